The van der Waals surface area contributed by atoms with E-state index in [2.05, 4.69) is 34.2 Å². The first-order valence-corrected chi connectivity index (χ1v) is 9.19. The van der Waals surface area contributed by atoms with Crippen LogP contribution in [0.1, 0.15) is 32.8 Å². The molecule has 0 amide bonds. The molecule has 0 saturated carbocycles. The number of hydrogen-bond donors (Lipinski definition) is 2. The van der Waals surface area contributed by atoms with Gasteiger partial charge in [0.25, 0.3) is 0 Å². The number of ether oxygens (including phenoxy) is 3. The van der Waals surface area contributed by atoms with Gasteiger partial charge in [0.05, 0.1) is 13.2 Å². The van der Waals surface area contributed by atoms with Crippen molar-refractivity contribution in [3.63, 3.8) is 0 Å². The summed E-state index contributed by atoms with van der Waals surface area (Å²) in [6.07, 6.45) is 1.04. The maximum absolute atomic E-state index is 12.5. The highest BCUT2D eigenvalue weighted by Gasteiger charge is 2.11. The number of nitrogens with zero attached hydrogens (tertiary/aromatic N) is 1. The highest BCUT2D eigenvalue weighted by Crippen LogP contribution is 2.29. The van der Waals surface area contributed by atoms with Crippen LogP contribution >= 0.6 is 24.0 Å². The summed E-state index contributed by atoms with van der Waals surface area (Å²) < 4.78 is 40.3. The first kappa shape index (κ1) is 26.6. The van der Waals surface area contributed by atoms with Crippen LogP contribution < -0.4 is 20.1 Å². The van der Waals surface area contributed by atoms with E-state index in [9.17, 15) is 8.78 Å². The van der Waals surface area contributed by atoms with E-state index in [4.69, 9.17) is 9.47 Å². The summed E-state index contributed by atoms with van der Waals surface area (Å²) in [6.45, 7) is 6.03. The highest BCUT2D eigenvalue weighted by atomic mass is 127. The predicted octanol–water partition coefficient (Wildman–Crippen LogP) is 4.03. The molecule has 1 aromatic carbocycles. The lowest BCUT2D eigenvalue weighted by molar-refractivity contribution is -0.0514. The molecule has 9 heteroatoms. The van der Waals surface area contributed by atoms with Gasteiger partial charge in [0.1, 0.15) is 0 Å². The van der Waals surface area contributed by atoms with Gasteiger partial charge in [-0.2, -0.15) is 8.78 Å². The smallest absolute Gasteiger partial charge is 0.387 e. The van der Waals surface area contributed by atoms with E-state index < -0.39 is 6.61 Å². The number of alkyl halides is 2. The molecule has 0 spiro atoms. The molecule has 0 aliphatic rings. The first-order chi connectivity index (χ1) is 13.0. The largest absolute Gasteiger partial charge is 0.490 e. The van der Waals surface area contributed by atoms with E-state index in [1.807, 2.05) is 0 Å². The van der Waals surface area contributed by atoms with E-state index in [0.717, 1.165) is 18.6 Å². The molecule has 0 aromatic heterocycles. The number of halogens is 3. The van der Waals surface area contributed by atoms with Crippen LogP contribution in [0.15, 0.2) is 23.2 Å². The summed E-state index contributed by atoms with van der Waals surface area (Å²) in [5.74, 6) is 1.58. The molecular weight excluding hydrogens is 483 g/mol. The third-order valence-corrected chi connectivity index (χ3v) is 3.59. The van der Waals surface area contributed by atoms with Gasteiger partial charge in [0, 0.05) is 26.7 Å². The summed E-state index contributed by atoms with van der Waals surface area (Å²) in [6, 6.07) is 4.86. The summed E-state index contributed by atoms with van der Waals surface area (Å²) in [7, 11) is 1.68. The van der Waals surface area contributed by atoms with Crippen molar-refractivity contribution in [2.75, 3.05) is 33.4 Å². The summed E-state index contributed by atoms with van der Waals surface area (Å²) in [5, 5.41) is 6.33. The molecule has 162 valence electrons. The molecule has 0 fully saturated rings. The van der Waals surface area contributed by atoms with Crippen LogP contribution in [0.5, 0.6) is 11.5 Å². The normalized spacial score (nSPS) is 11.4. The van der Waals surface area contributed by atoms with Gasteiger partial charge in [-0.1, -0.05) is 19.9 Å². The molecule has 0 saturated heterocycles. The lowest BCUT2D eigenvalue weighted by Gasteiger charge is -2.15. The molecule has 0 aliphatic carbocycles. The number of rotatable bonds is 12. The van der Waals surface area contributed by atoms with Gasteiger partial charge < -0.3 is 24.8 Å². The second-order valence-electron chi connectivity index (χ2n) is 6.24. The molecule has 0 atom stereocenters. The van der Waals surface area contributed by atoms with Crippen LogP contribution in [0, 0.1) is 5.92 Å². The number of guanidine groups is 1. The van der Waals surface area contributed by atoms with Crippen LogP contribution in [0.2, 0.25) is 0 Å². The Hall–Kier alpha value is -1.36. The van der Waals surface area contributed by atoms with Gasteiger partial charge in [-0.05, 0) is 37.0 Å². The van der Waals surface area contributed by atoms with Crippen molar-refractivity contribution in [1.29, 1.82) is 0 Å². The fourth-order valence-corrected chi connectivity index (χ4v) is 2.19. The van der Waals surface area contributed by atoms with E-state index in [1.165, 1.54) is 6.07 Å². The minimum Gasteiger partial charge on any atom is -0.490 e. The summed E-state index contributed by atoms with van der Waals surface area (Å²) in [5.41, 5.74) is 0.858. The zero-order valence-electron chi connectivity index (χ0n) is 17.0. The van der Waals surface area contributed by atoms with E-state index in [1.54, 1.807) is 26.1 Å². The van der Waals surface area contributed by atoms with Gasteiger partial charge in [-0.15, -0.1) is 24.0 Å². The Morgan fingerprint density at radius 2 is 1.89 bits per heavy atom. The second kappa shape index (κ2) is 15.5. The zero-order chi connectivity index (χ0) is 20.1. The molecule has 1 rings (SSSR count). The van der Waals surface area contributed by atoms with Crippen molar-refractivity contribution in [2.24, 2.45) is 10.9 Å². The Balaban J connectivity index is 0.00000729. The standard InChI is InChI=1S/C19H31F2N3O3.HI/c1-5-26-17-12-15(6-7-16(17)27-18(20)21)13-24-19(22-4)23-9-11-25-10-8-14(2)3;/h6-7,12,14,18H,5,8-11,13H2,1-4H3,(H2,22,23,24);1H. The maximum Gasteiger partial charge on any atom is 0.387 e. The Morgan fingerprint density at radius 1 is 1.14 bits per heavy atom. The van der Waals surface area contributed by atoms with Gasteiger partial charge in [0.2, 0.25) is 0 Å². The average Bonchev–Trinajstić information content (AvgIpc) is 2.62. The monoisotopic (exact) mass is 515 g/mol. The molecule has 0 bridgehead atoms. The zero-order valence-corrected chi connectivity index (χ0v) is 19.3. The topological polar surface area (TPSA) is 64.1 Å². The lowest BCUT2D eigenvalue weighted by atomic mass is 10.1. The Morgan fingerprint density at radius 3 is 2.50 bits per heavy atom. The molecule has 1 aromatic rings. The number of aliphatic imine (C=N–C) groups is 1. The quantitative estimate of drug-likeness (QED) is 0.191. The SMILES string of the molecule is CCOc1cc(CNC(=NC)NCCOCCC(C)C)ccc1OC(F)F.I. The molecule has 28 heavy (non-hydrogen) atoms. The van der Waals surface area contributed by atoms with Gasteiger partial charge in [-0.3, -0.25) is 4.99 Å². The summed E-state index contributed by atoms with van der Waals surface area (Å²) in [4.78, 5) is 4.15. The van der Waals surface area contributed by atoms with Crippen molar-refractivity contribution in [1.82, 2.24) is 10.6 Å². The van der Waals surface area contributed by atoms with Crippen molar-refractivity contribution >= 4 is 29.9 Å². The Labute approximate surface area is 183 Å². The predicted molar refractivity (Wildman–Crippen MR) is 118 cm³/mol. The van der Waals surface area contributed by atoms with Crippen LogP contribution in [-0.4, -0.2) is 46.0 Å². The van der Waals surface area contributed by atoms with Crippen molar-refractivity contribution in [3.8, 4) is 11.5 Å². The van der Waals surface area contributed by atoms with Crippen molar-refractivity contribution < 1.29 is 23.0 Å². The molecule has 0 unspecified atom stereocenters. The third kappa shape index (κ3) is 11.5. The van der Waals surface area contributed by atoms with Crippen LogP contribution in [0.4, 0.5) is 8.78 Å². The molecule has 2 N–H and O–H groups in total. The van der Waals surface area contributed by atoms with E-state index in [-0.39, 0.29) is 29.7 Å². The second-order valence-corrected chi connectivity index (χ2v) is 6.24. The van der Waals surface area contributed by atoms with Gasteiger partial charge in [0.15, 0.2) is 17.5 Å². The van der Waals surface area contributed by atoms with Gasteiger partial charge >= 0.3 is 6.61 Å². The molecular formula is C19H32F2IN3O3. The fraction of sp³-hybridized carbons (Fsp3) is 0.632. The molecule has 0 aliphatic heterocycles. The minimum atomic E-state index is -2.89. The number of nitrogens with one attached hydrogen (secondary N) is 2. The highest BCUT2D eigenvalue weighted by molar-refractivity contribution is 14.0. The van der Waals surface area contributed by atoms with E-state index >= 15 is 0 Å². The van der Waals surface area contributed by atoms with Crippen molar-refractivity contribution in [2.45, 2.75) is 40.3 Å². The van der Waals surface area contributed by atoms with Crippen molar-refractivity contribution in [3.05, 3.63) is 23.8 Å². The third-order valence-electron chi connectivity index (χ3n) is 3.59. The maximum atomic E-state index is 12.5. The average molecular weight is 515 g/mol. The van der Waals surface area contributed by atoms with Crippen LogP contribution in [-0.2, 0) is 11.3 Å². The Kier molecular flexibility index (Phi) is 14.8. The molecule has 6 nitrogen and oxygen atoms in total. The van der Waals surface area contributed by atoms with Crippen LogP contribution in [0.25, 0.3) is 0 Å². The Bertz CT molecular complexity index is 575. The minimum absolute atomic E-state index is 0. The number of benzene rings is 1. The van der Waals surface area contributed by atoms with Crippen LogP contribution in [0.3, 0.4) is 0 Å². The molecule has 0 radical (unpaired) electrons. The number of hydrogen-bond acceptors (Lipinski definition) is 4. The molecule has 0 heterocycles. The lowest BCUT2D eigenvalue weighted by Crippen LogP contribution is -2.38. The summed E-state index contributed by atoms with van der Waals surface area (Å²) >= 11 is 0. The van der Waals surface area contributed by atoms with E-state index in [0.29, 0.717) is 43.9 Å². The first-order valence-electron chi connectivity index (χ1n) is 9.19. The van der Waals surface area contributed by atoms with Gasteiger partial charge in [-0.25, -0.2) is 0 Å². The fourth-order valence-electron chi connectivity index (χ4n) is 2.19.